The first-order valence-corrected chi connectivity index (χ1v) is 6.62. The third kappa shape index (κ3) is 4.10. The van der Waals surface area contributed by atoms with E-state index in [1.165, 1.54) is 0 Å². The normalized spacial score (nSPS) is 10.5. The summed E-state index contributed by atoms with van der Waals surface area (Å²) in [6.45, 7) is 1.09. The van der Waals surface area contributed by atoms with Gasteiger partial charge in [0.05, 0.1) is 16.4 Å². The van der Waals surface area contributed by atoms with Crippen LogP contribution in [0.1, 0.15) is 11.4 Å². The Morgan fingerprint density at radius 2 is 1.95 bits per heavy atom. The van der Waals surface area contributed by atoms with Crippen molar-refractivity contribution in [2.24, 2.45) is 0 Å². The molecule has 0 bridgehead atoms. The van der Waals surface area contributed by atoms with Crippen LogP contribution in [0.5, 0.6) is 5.75 Å². The zero-order valence-corrected chi connectivity index (χ0v) is 12.0. The van der Waals surface area contributed by atoms with Crippen molar-refractivity contribution in [2.75, 3.05) is 7.05 Å². The Labute approximate surface area is 122 Å². The Balaban J connectivity index is 2.05. The second-order valence-corrected chi connectivity index (χ2v) is 4.86. The fraction of sp³-hybridized carbons (Fsp3) is 0.214. The van der Waals surface area contributed by atoms with Gasteiger partial charge in [0, 0.05) is 17.6 Å². The van der Waals surface area contributed by atoms with E-state index in [4.69, 9.17) is 27.9 Å². The quantitative estimate of drug-likeness (QED) is 0.914. The molecule has 2 aromatic rings. The van der Waals surface area contributed by atoms with Crippen molar-refractivity contribution < 1.29 is 4.74 Å². The van der Waals surface area contributed by atoms with Gasteiger partial charge in [-0.3, -0.25) is 4.98 Å². The number of benzene rings is 1. The molecule has 1 aromatic heterocycles. The molecule has 1 heterocycles. The summed E-state index contributed by atoms with van der Waals surface area (Å²) >= 11 is 11.9. The summed E-state index contributed by atoms with van der Waals surface area (Å²) in [6, 6.07) is 11.0. The molecular weight excluding hydrogens is 283 g/mol. The molecule has 0 radical (unpaired) electrons. The van der Waals surface area contributed by atoms with Crippen LogP contribution in [0.3, 0.4) is 0 Å². The lowest BCUT2D eigenvalue weighted by molar-refractivity contribution is 0.301. The van der Waals surface area contributed by atoms with E-state index in [0.717, 1.165) is 17.9 Å². The van der Waals surface area contributed by atoms with Gasteiger partial charge in [0.25, 0.3) is 0 Å². The van der Waals surface area contributed by atoms with Gasteiger partial charge in [-0.05, 0) is 31.3 Å². The van der Waals surface area contributed by atoms with Crippen LogP contribution in [-0.4, -0.2) is 12.0 Å². The lowest BCUT2D eigenvalue weighted by Crippen LogP contribution is -2.08. The van der Waals surface area contributed by atoms with Gasteiger partial charge in [-0.1, -0.05) is 29.3 Å². The number of halogens is 2. The number of hydrogen-bond acceptors (Lipinski definition) is 3. The van der Waals surface area contributed by atoms with Crippen molar-refractivity contribution in [3.63, 3.8) is 0 Å². The van der Waals surface area contributed by atoms with Gasteiger partial charge in [0.1, 0.15) is 12.4 Å². The molecule has 0 aliphatic rings. The number of nitrogens with one attached hydrogen (secondary N) is 1. The lowest BCUT2D eigenvalue weighted by atomic mass is 10.3. The van der Waals surface area contributed by atoms with Crippen molar-refractivity contribution >= 4 is 23.2 Å². The Bertz CT molecular complexity index is 561. The molecule has 0 saturated carbocycles. The Morgan fingerprint density at radius 1 is 1.16 bits per heavy atom. The molecule has 19 heavy (non-hydrogen) atoms. The zero-order chi connectivity index (χ0) is 13.7. The summed E-state index contributed by atoms with van der Waals surface area (Å²) in [5, 5.41) is 4.19. The summed E-state index contributed by atoms with van der Waals surface area (Å²) in [7, 11) is 1.89. The molecule has 1 aromatic carbocycles. The van der Waals surface area contributed by atoms with Crippen LogP contribution in [0, 0.1) is 0 Å². The van der Waals surface area contributed by atoms with E-state index in [0.29, 0.717) is 22.4 Å². The molecule has 0 atom stereocenters. The Hall–Kier alpha value is -1.29. The van der Waals surface area contributed by atoms with Crippen LogP contribution in [0.15, 0.2) is 36.4 Å². The van der Waals surface area contributed by atoms with E-state index in [9.17, 15) is 0 Å². The molecular formula is C14H14Cl2N2O. The molecule has 2 rings (SSSR count). The third-order valence-electron chi connectivity index (χ3n) is 2.49. The van der Waals surface area contributed by atoms with Gasteiger partial charge in [0.15, 0.2) is 0 Å². The first-order chi connectivity index (χ1) is 9.19. The van der Waals surface area contributed by atoms with Crippen molar-refractivity contribution in [1.82, 2.24) is 10.3 Å². The van der Waals surface area contributed by atoms with E-state index in [1.807, 2.05) is 25.2 Å². The highest BCUT2D eigenvalue weighted by Crippen LogP contribution is 2.28. The van der Waals surface area contributed by atoms with Gasteiger partial charge in [-0.2, -0.15) is 0 Å². The third-order valence-corrected chi connectivity index (χ3v) is 3.04. The second kappa shape index (κ2) is 6.75. The number of aromatic nitrogens is 1. The van der Waals surface area contributed by atoms with Crippen LogP contribution in [0.2, 0.25) is 10.0 Å². The van der Waals surface area contributed by atoms with Crippen LogP contribution in [0.4, 0.5) is 0 Å². The van der Waals surface area contributed by atoms with Crippen molar-refractivity contribution in [1.29, 1.82) is 0 Å². The van der Waals surface area contributed by atoms with Gasteiger partial charge < -0.3 is 10.1 Å². The fourth-order valence-corrected chi connectivity index (χ4v) is 1.96. The first kappa shape index (κ1) is 14.1. The zero-order valence-electron chi connectivity index (χ0n) is 10.5. The molecule has 0 amide bonds. The predicted molar refractivity (Wildman–Crippen MR) is 77.8 cm³/mol. The minimum absolute atomic E-state index is 0.359. The SMILES string of the molecule is CNCc1cccc(COc2cc(Cl)ccc2Cl)n1. The van der Waals surface area contributed by atoms with Crippen molar-refractivity contribution in [3.8, 4) is 5.75 Å². The summed E-state index contributed by atoms with van der Waals surface area (Å²) in [6.07, 6.45) is 0. The second-order valence-electron chi connectivity index (χ2n) is 4.01. The molecule has 0 aliphatic carbocycles. The summed E-state index contributed by atoms with van der Waals surface area (Å²) in [5.41, 5.74) is 1.82. The predicted octanol–water partition coefficient (Wildman–Crippen LogP) is 3.69. The molecule has 3 nitrogen and oxygen atoms in total. The Kier molecular flexibility index (Phi) is 5.02. The average Bonchev–Trinajstić information content (AvgIpc) is 2.41. The maximum atomic E-state index is 6.03. The van der Waals surface area contributed by atoms with E-state index < -0.39 is 0 Å². The van der Waals surface area contributed by atoms with E-state index >= 15 is 0 Å². The standard InChI is InChI=1S/C14H14Cl2N2O/c1-17-8-11-3-2-4-12(18-11)9-19-14-7-10(15)5-6-13(14)16/h2-7,17H,8-9H2,1H3. The van der Waals surface area contributed by atoms with E-state index in [1.54, 1.807) is 18.2 Å². The molecule has 100 valence electrons. The fourth-order valence-electron chi connectivity index (χ4n) is 1.63. The molecule has 0 aliphatic heterocycles. The van der Waals surface area contributed by atoms with Gasteiger partial charge >= 0.3 is 0 Å². The van der Waals surface area contributed by atoms with E-state index in [2.05, 4.69) is 10.3 Å². The molecule has 1 N–H and O–H groups in total. The minimum atomic E-state index is 0.359. The van der Waals surface area contributed by atoms with Crippen LogP contribution < -0.4 is 10.1 Å². The van der Waals surface area contributed by atoms with E-state index in [-0.39, 0.29) is 0 Å². The highest BCUT2D eigenvalue weighted by Gasteiger charge is 2.04. The Morgan fingerprint density at radius 3 is 2.74 bits per heavy atom. The number of nitrogens with zero attached hydrogens (tertiary/aromatic N) is 1. The van der Waals surface area contributed by atoms with Crippen molar-refractivity contribution in [2.45, 2.75) is 13.2 Å². The summed E-state index contributed by atoms with van der Waals surface area (Å²) in [4.78, 5) is 4.47. The van der Waals surface area contributed by atoms with Crippen LogP contribution in [-0.2, 0) is 13.2 Å². The molecule has 0 saturated heterocycles. The number of rotatable bonds is 5. The average molecular weight is 297 g/mol. The summed E-state index contributed by atoms with van der Waals surface area (Å²) < 4.78 is 5.64. The highest BCUT2D eigenvalue weighted by molar-refractivity contribution is 6.34. The largest absolute Gasteiger partial charge is 0.486 e. The van der Waals surface area contributed by atoms with Gasteiger partial charge in [-0.15, -0.1) is 0 Å². The molecule has 5 heteroatoms. The maximum Gasteiger partial charge on any atom is 0.139 e. The maximum absolute atomic E-state index is 6.03. The van der Waals surface area contributed by atoms with Gasteiger partial charge in [-0.25, -0.2) is 0 Å². The smallest absolute Gasteiger partial charge is 0.139 e. The topological polar surface area (TPSA) is 34.1 Å². The lowest BCUT2D eigenvalue weighted by Gasteiger charge is -2.09. The molecule has 0 spiro atoms. The minimum Gasteiger partial charge on any atom is -0.486 e. The van der Waals surface area contributed by atoms with Crippen LogP contribution in [0.25, 0.3) is 0 Å². The first-order valence-electron chi connectivity index (χ1n) is 5.86. The summed E-state index contributed by atoms with van der Waals surface area (Å²) in [5.74, 6) is 0.565. The number of pyridine rings is 1. The number of hydrogen-bond donors (Lipinski definition) is 1. The number of ether oxygens (including phenoxy) is 1. The van der Waals surface area contributed by atoms with Crippen molar-refractivity contribution in [3.05, 3.63) is 57.8 Å². The highest BCUT2D eigenvalue weighted by atomic mass is 35.5. The van der Waals surface area contributed by atoms with Gasteiger partial charge in [0.2, 0.25) is 0 Å². The van der Waals surface area contributed by atoms with Crippen LogP contribution >= 0.6 is 23.2 Å². The molecule has 0 fully saturated rings. The monoisotopic (exact) mass is 296 g/mol. The molecule has 0 unspecified atom stereocenters.